The number of likely N-dealkylation sites (tertiary alicyclic amines) is 1. The van der Waals surface area contributed by atoms with Gasteiger partial charge in [-0.3, -0.25) is 14.6 Å². The molecule has 3 rings (SSSR count). The van der Waals surface area contributed by atoms with Gasteiger partial charge < -0.3 is 10.0 Å². The summed E-state index contributed by atoms with van der Waals surface area (Å²) >= 11 is 1.48. The minimum atomic E-state index is -0.833. The Hall–Kier alpha value is -2.28. The van der Waals surface area contributed by atoms with E-state index in [1.807, 2.05) is 17.5 Å². The Morgan fingerprint density at radius 3 is 2.96 bits per heavy atom. The molecule has 0 aromatic carbocycles. The van der Waals surface area contributed by atoms with E-state index < -0.39 is 11.9 Å². The molecular formula is C16H17N3O3S. The second kappa shape index (κ2) is 6.45. The number of carbonyl (C=O) groups is 2. The molecule has 6 nitrogen and oxygen atoms in total. The van der Waals surface area contributed by atoms with Crippen LogP contribution in [0.3, 0.4) is 0 Å². The average Bonchev–Trinajstić information content (AvgIpc) is 3.15. The third kappa shape index (κ3) is 3.24. The first kappa shape index (κ1) is 15.6. The van der Waals surface area contributed by atoms with E-state index in [-0.39, 0.29) is 18.4 Å². The SMILES string of the molecule is CC1C(C(=O)O)CCN1C(=O)Cc1csc(-c2cccnc2)n1. The Kier molecular flexibility index (Phi) is 4.38. The van der Waals surface area contributed by atoms with Crippen molar-refractivity contribution in [3.8, 4) is 10.6 Å². The van der Waals surface area contributed by atoms with Crippen LogP contribution in [0, 0.1) is 5.92 Å². The molecule has 0 spiro atoms. The Morgan fingerprint density at radius 1 is 1.48 bits per heavy atom. The predicted molar refractivity (Wildman–Crippen MR) is 86.0 cm³/mol. The summed E-state index contributed by atoms with van der Waals surface area (Å²) in [5, 5.41) is 11.9. The van der Waals surface area contributed by atoms with Crippen molar-refractivity contribution in [2.45, 2.75) is 25.8 Å². The van der Waals surface area contributed by atoms with Crippen LogP contribution in [0.5, 0.6) is 0 Å². The molecule has 7 heteroatoms. The quantitative estimate of drug-likeness (QED) is 0.927. The van der Waals surface area contributed by atoms with E-state index in [1.165, 1.54) is 11.3 Å². The summed E-state index contributed by atoms with van der Waals surface area (Å²) in [4.78, 5) is 33.8. The number of carboxylic acid groups (broad SMARTS) is 1. The number of aromatic nitrogens is 2. The minimum Gasteiger partial charge on any atom is -0.481 e. The molecule has 2 aromatic heterocycles. The summed E-state index contributed by atoms with van der Waals surface area (Å²) in [6.07, 6.45) is 4.16. The van der Waals surface area contributed by atoms with Crippen molar-refractivity contribution in [3.05, 3.63) is 35.6 Å². The highest BCUT2D eigenvalue weighted by Gasteiger charge is 2.37. The van der Waals surface area contributed by atoms with Gasteiger partial charge in [-0.15, -0.1) is 11.3 Å². The number of hydrogen-bond donors (Lipinski definition) is 1. The van der Waals surface area contributed by atoms with Gasteiger partial charge in [-0.05, 0) is 25.5 Å². The lowest BCUT2D eigenvalue weighted by atomic mass is 10.0. The third-order valence-electron chi connectivity index (χ3n) is 4.19. The van der Waals surface area contributed by atoms with Gasteiger partial charge in [0.25, 0.3) is 0 Å². The smallest absolute Gasteiger partial charge is 0.308 e. The van der Waals surface area contributed by atoms with Gasteiger partial charge in [0.05, 0.1) is 18.0 Å². The van der Waals surface area contributed by atoms with Gasteiger partial charge in [0.2, 0.25) is 5.91 Å². The zero-order chi connectivity index (χ0) is 16.4. The molecule has 1 saturated heterocycles. The van der Waals surface area contributed by atoms with E-state index in [4.69, 9.17) is 5.11 Å². The molecule has 1 aliphatic heterocycles. The number of thiazole rings is 1. The number of hydrogen-bond acceptors (Lipinski definition) is 5. The van der Waals surface area contributed by atoms with E-state index in [9.17, 15) is 9.59 Å². The fourth-order valence-corrected chi connectivity index (χ4v) is 3.70. The number of carboxylic acids is 1. The van der Waals surface area contributed by atoms with E-state index in [2.05, 4.69) is 9.97 Å². The first-order valence-electron chi connectivity index (χ1n) is 7.43. The van der Waals surface area contributed by atoms with Gasteiger partial charge in [-0.2, -0.15) is 0 Å². The molecule has 2 unspecified atom stereocenters. The van der Waals surface area contributed by atoms with Crippen LogP contribution in [0.15, 0.2) is 29.9 Å². The maximum atomic E-state index is 12.4. The lowest BCUT2D eigenvalue weighted by Crippen LogP contribution is -2.38. The molecule has 1 amide bonds. The summed E-state index contributed by atoms with van der Waals surface area (Å²) in [7, 11) is 0. The Labute approximate surface area is 137 Å². The topological polar surface area (TPSA) is 83.4 Å². The molecule has 120 valence electrons. The van der Waals surface area contributed by atoms with Gasteiger partial charge in [0.15, 0.2) is 0 Å². The van der Waals surface area contributed by atoms with E-state index in [0.29, 0.717) is 18.7 Å². The maximum Gasteiger partial charge on any atom is 0.308 e. The second-order valence-corrected chi connectivity index (χ2v) is 6.48. The first-order chi connectivity index (χ1) is 11.1. The molecular weight excluding hydrogens is 314 g/mol. The molecule has 0 bridgehead atoms. The molecule has 0 radical (unpaired) electrons. The summed E-state index contributed by atoms with van der Waals surface area (Å²) in [6.45, 7) is 2.29. The van der Waals surface area contributed by atoms with Gasteiger partial charge in [-0.1, -0.05) is 0 Å². The van der Waals surface area contributed by atoms with Crippen LogP contribution in [0.2, 0.25) is 0 Å². The largest absolute Gasteiger partial charge is 0.481 e. The number of pyridine rings is 1. The van der Waals surface area contributed by atoms with Crippen molar-refractivity contribution in [3.63, 3.8) is 0 Å². The highest BCUT2D eigenvalue weighted by molar-refractivity contribution is 7.13. The Bertz CT molecular complexity index is 716. The second-order valence-electron chi connectivity index (χ2n) is 5.62. The fourth-order valence-electron chi connectivity index (χ4n) is 2.89. The van der Waals surface area contributed by atoms with E-state index in [0.717, 1.165) is 10.6 Å². The minimum absolute atomic E-state index is 0.0655. The van der Waals surface area contributed by atoms with Crippen molar-refractivity contribution in [1.82, 2.24) is 14.9 Å². The molecule has 0 aliphatic carbocycles. The van der Waals surface area contributed by atoms with Crippen molar-refractivity contribution in [1.29, 1.82) is 0 Å². The summed E-state index contributed by atoms with van der Waals surface area (Å²) < 4.78 is 0. The standard InChI is InChI=1S/C16H17N3O3S/c1-10-13(16(21)22)4-6-19(10)14(20)7-12-9-23-15(18-12)11-3-2-5-17-8-11/h2-3,5,8-10,13H,4,6-7H2,1H3,(H,21,22). The lowest BCUT2D eigenvalue weighted by Gasteiger charge is -2.22. The number of carbonyl (C=O) groups excluding carboxylic acids is 1. The third-order valence-corrected chi connectivity index (χ3v) is 5.13. The van der Waals surface area contributed by atoms with Crippen LogP contribution < -0.4 is 0 Å². The van der Waals surface area contributed by atoms with Crippen molar-refractivity contribution < 1.29 is 14.7 Å². The zero-order valence-corrected chi connectivity index (χ0v) is 13.5. The fraction of sp³-hybridized carbons (Fsp3) is 0.375. The van der Waals surface area contributed by atoms with Crippen LogP contribution in [0.4, 0.5) is 0 Å². The van der Waals surface area contributed by atoms with Gasteiger partial charge in [-0.25, -0.2) is 4.98 Å². The average molecular weight is 331 g/mol. The Balaban J connectivity index is 1.67. The number of aliphatic carboxylic acids is 1. The van der Waals surface area contributed by atoms with Crippen molar-refractivity contribution in [2.75, 3.05) is 6.54 Å². The summed E-state index contributed by atoms with van der Waals surface area (Å²) in [5.74, 6) is -1.37. The number of rotatable bonds is 4. The van der Waals surface area contributed by atoms with Gasteiger partial charge >= 0.3 is 5.97 Å². The number of nitrogens with zero attached hydrogens (tertiary/aromatic N) is 3. The monoisotopic (exact) mass is 331 g/mol. The van der Waals surface area contributed by atoms with Crippen molar-refractivity contribution in [2.24, 2.45) is 5.92 Å². The molecule has 1 fully saturated rings. The highest BCUT2D eigenvalue weighted by atomic mass is 32.1. The molecule has 1 aliphatic rings. The molecule has 3 heterocycles. The maximum absolute atomic E-state index is 12.4. The van der Waals surface area contributed by atoms with Crippen LogP contribution in [0.1, 0.15) is 19.0 Å². The molecule has 0 saturated carbocycles. The molecule has 1 N–H and O–H groups in total. The van der Waals surface area contributed by atoms with Crippen LogP contribution >= 0.6 is 11.3 Å². The van der Waals surface area contributed by atoms with Crippen LogP contribution in [-0.2, 0) is 16.0 Å². The predicted octanol–water partition coefficient (Wildman–Crippen LogP) is 2.07. The lowest BCUT2D eigenvalue weighted by molar-refractivity contribution is -0.143. The van der Waals surface area contributed by atoms with E-state index in [1.54, 1.807) is 24.2 Å². The molecule has 23 heavy (non-hydrogen) atoms. The molecule has 2 aromatic rings. The zero-order valence-electron chi connectivity index (χ0n) is 12.7. The first-order valence-corrected chi connectivity index (χ1v) is 8.31. The normalized spacial score (nSPS) is 20.7. The number of amides is 1. The Morgan fingerprint density at radius 2 is 2.30 bits per heavy atom. The van der Waals surface area contributed by atoms with Crippen LogP contribution in [0.25, 0.3) is 10.6 Å². The van der Waals surface area contributed by atoms with Gasteiger partial charge in [0, 0.05) is 35.9 Å². The highest BCUT2D eigenvalue weighted by Crippen LogP contribution is 2.26. The van der Waals surface area contributed by atoms with Crippen molar-refractivity contribution >= 4 is 23.2 Å². The van der Waals surface area contributed by atoms with Crippen LogP contribution in [-0.4, -0.2) is 44.4 Å². The summed E-state index contributed by atoms with van der Waals surface area (Å²) in [6, 6.07) is 3.51. The van der Waals surface area contributed by atoms with Gasteiger partial charge in [0.1, 0.15) is 5.01 Å². The van der Waals surface area contributed by atoms with E-state index >= 15 is 0 Å². The molecule has 2 atom stereocenters. The summed E-state index contributed by atoms with van der Waals surface area (Å²) in [5.41, 5.74) is 1.64.